The molecule has 0 aliphatic heterocycles. The van der Waals surface area contributed by atoms with Gasteiger partial charge in [-0.3, -0.25) is 0 Å². The van der Waals surface area contributed by atoms with Crippen LogP contribution in [0.25, 0.3) is 11.1 Å². The zero-order valence-electron chi connectivity index (χ0n) is 20.6. The van der Waals surface area contributed by atoms with Crippen LogP contribution < -0.4 is 0 Å². The molecular weight excluding hydrogens is 460 g/mol. The fraction of sp³-hybridized carbons (Fsp3) is 0.147. The van der Waals surface area contributed by atoms with E-state index >= 15 is 0 Å². The number of nitrogens with zero attached hydrogens (tertiary/aromatic N) is 1. The Hall–Kier alpha value is -4.65. The van der Waals surface area contributed by atoms with Gasteiger partial charge in [0.1, 0.15) is 17.7 Å². The Bertz CT molecular complexity index is 1550. The second kappa shape index (κ2) is 12.4. The first-order valence-electron chi connectivity index (χ1n) is 12.3. The second-order valence-corrected chi connectivity index (χ2v) is 8.73. The van der Waals surface area contributed by atoms with Gasteiger partial charge in [-0.15, -0.1) is 0 Å². The van der Waals surface area contributed by atoms with Crippen LogP contribution >= 0.6 is 0 Å². The van der Waals surface area contributed by atoms with E-state index in [2.05, 4.69) is 54.9 Å². The van der Waals surface area contributed by atoms with Crippen LogP contribution in [0, 0.1) is 46.6 Å². The van der Waals surface area contributed by atoms with Gasteiger partial charge < -0.3 is 0 Å². The summed E-state index contributed by atoms with van der Waals surface area (Å²) in [6.45, 7) is 2.22. The van der Waals surface area contributed by atoms with E-state index in [1.807, 2.05) is 24.3 Å². The van der Waals surface area contributed by atoms with Crippen molar-refractivity contribution in [3.63, 3.8) is 0 Å². The highest BCUT2D eigenvalue weighted by atomic mass is 19.1. The average Bonchev–Trinajstić information content (AvgIpc) is 2.92. The van der Waals surface area contributed by atoms with Crippen LogP contribution in [0.1, 0.15) is 59.6 Å². The van der Waals surface area contributed by atoms with Crippen molar-refractivity contribution in [3.8, 4) is 40.9 Å². The van der Waals surface area contributed by atoms with Gasteiger partial charge in [-0.2, -0.15) is 5.26 Å². The molecule has 180 valence electrons. The zero-order chi connectivity index (χ0) is 26.0. The van der Waals surface area contributed by atoms with E-state index in [1.54, 1.807) is 18.2 Å². The first kappa shape index (κ1) is 25.4. The van der Waals surface area contributed by atoms with Crippen LogP contribution in [-0.4, -0.2) is 0 Å². The largest absolute Gasteiger partial charge is 0.206 e. The molecule has 1 nitrogen and oxygen atoms in total. The summed E-state index contributed by atoms with van der Waals surface area (Å²) in [7, 11) is 0. The molecule has 0 amide bonds. The Morgan fingerprint density at radius 1 is 0.595 bits per heavy atom. The van der Waals surface area contributed by atoms with Crippen molar-refractivity contribution in [2.75, 3.05) is 0 Å². The molecule has 0 heterocycles. The lowest BCUT2D eigenvalue weighted by Gasteiger charge is -2.05. The molecule has 0 radical (unpaired) electrons. The summed E-state index contributed by atoms with van der Waals surface area (Å²) >= 11 is 0. The minimum Gasteiger partial charge on any atom is -0.206 e. The molecule has 0 N–H and O–H groups in total. The number of unbranched alkanes of at least 4 members (excludes halogenated alkanes) is 2. The van der Waals surface area contributed by atoms with E-state index in [4.69, 9.17) is 5.26 Å². The molecule has 0 aliphatic carbocycles. The number of halogens is 2. The molecule has 3 heteroatoms. The van der Waals surface area contributed by atoms with Gasteiger partial charge in [-0.1, -0.05) is 79.8 Å². The van der Waals surface area contributed by atoms with E-state index < -0.39 is 11.6 Å². The van der Waals surface area contributed by atoms with E-state index in [9.17, 15) is 8.78 Å². The quantitative estimate of drug-likeness (QED) is 0.207. The fourth-order valence-electron chi connectivity index (χ4n) is 3.85. The average molecular weight is 486 g/mol. The van der Waals surface area contributed by atoms with E-state index in [0.717, 1.165) is 23.6 Å². The second-order valence-electron chi connectivity index (χ2n) is 8.73. The van der Waals surface area contributed by atoms with Crippen LogP contribution in [0.3, 0.4) is 0 Å². The van der Waals surface area contributed by atoms with Crippen LogP contribution in [0.5, 0.6) is 0 Å². The summed E-state index contributed by atoms with van der Waals surface area (Å²) in [6, 6.07) is 27.1. The molecule has 0 unspecified atom stereocenters. The maximum absolute atomic E-state index is 14.5. The molecule has 0 fully saturated rings. The standard InChI is InChI=1S/C34H25F2N/c1-2-3-4-5-25-8-15-29(16-9-25)30-17-10-26(11-18-30)6-7-27-12-19-31(33(35)22-27)20-13-28-14-21-32(24-37)34(36)23-28/h8-12,14-19,21-23H,2-5H2,1H3. The van der Waals surface area contributed by atoms with Gasteiger partial charge in [0.2, 0.25) is 0 Å². The fourth-order valence-corrected chi connectivity index (χ4v) is 3.85. The molecule has 0 saturated heterocycles. The van der Waals surface area contributed by atoms with Crippen molar-refractivity contribution in [1.82, 2.24) is 0 Å². The van der Waals surface area contributed by atoms with Gasteiger partial charge >= 0.3 is 0 Å². The Kier molecular flexibility index (Phi) is 8.49. The Labute approximate surface area is 217 Å². The van der Waals surface area contributed by atoms with Crippen molar-refractivity contribution in [3.05, 3.63) is 130 Å². The summed E-state index contributed by atoms with van der Waals surface area (Å²) in [5.74, 6) is 10.4. The molecule has 4 aromatic rings. The maximum atomic E-state index is 14.5. The molecule has 4 rings (SSSR count). The van der Waals surface area contributed by atoms with Crippen molar-refractivity contribution in [2.45, 2.75) is 32.6 Å². The summed E-state index contributed by atoms with van der Waals surface area (Å²) in [6.07, 6.45) is 4.83. The predicted octanol–water partition coefficient (Wildman–Crippen LogP) is 8.04. The number of benzene rings is 4. The molecule has 0 bridgehead atoms. The van der Waals surface area contributed by atoms with Gasteiger partial charge in [0.15, 0.2) is 0 Å². The molecule has 0 atom stereocenters. The van der Waals surface area contributed by atoms with Gasteiger partial charge in [-0.05, 0) is 78.1 Å². The monoisotopic (exact) mass is 485 g/mol. The number of hydrogen-bond acceptors (Lipinski definition) is 1. The summed E-state index contributed by atoms with van der Waals surface area (Å²) in [4.78, 5) is 0. The van der Waals surface area contributed by atoms with Gasteiger partial charge in [0.05, 0.1) is 11.1 Å². The minimum absolute atomic E-state index is 0.0545. The molecule has 0 spiro atoms. The van der Waals surface area contributed by atoms with Gasteiger partial charge in [-0.25, -0.2) is 8.78 Å². The number of rotatable bonds is 5. The Balaban J connectivity index is 1.42. The maximum Gasteiger partial charge on any atom is 0.142 e. The molecule has 0 aromatic heterocycles. The summed E-state index contributed by atoms with van der Waals surface area (Å²) in [5.41, 5.74) is 5.54. The molecule has 37 heavy (non-hydrogen) atoms. The van der Waals surface area contributed by atoms with Crippen LogP contribution in [-0.2, 0) is 6.42 Å². The lowest BCUT2D eigenvalue weighted by Crippen LogP contribution is -1.87. The highest BCUT2D eigenvalue weighted by molar-refractivity contribution is 5.65. The molecule has 0 saturated carbocycles. The minimum atomic E-state index is -0.649. The smallest absolute Gasteiger partial charge is 0.142 e. The van der Waals surface area contributed by atoms with Crippen LogP contribution in [0.15, 0.2) is 84.9 Å². The number of aryl methyl sites for hydroxylation is 1. The van der Waals surface area contributed by atoms with Crippen LogP contribution in [0.2, 0.25) is 0 Å². The third kappa shape index (κ3) is 6.95. The van der Waals surface area contributed by atoms with Crippen molar-refractivity contribution >= 4 is 0 Å². The third-order valence-corrected chi connectivity index (χ3v) is 5.99. The molecule has 4 aromatic carbocycles. The number of nitriles is 1. The van der Waals surface area contributed by atoms with Gasteiger partial charge in [0.25, 0.3) is 0 Å². The predicted molar refractivity (Wildman–Crippen MR) is 145 cm³/mol. The Morgan fingerprint density at radius 3 is 1.68 bits per heavy atom. The highest BCUT2D eigenvalue weighted by Crippen LogP contribution is 2.21. The lowest BCUT2D eigenvalue weighted by atomic mass is 10.0. The van der Waals surface area contributed by atoms with Gasteiger partial charge in [0, 0.05) is 16.7 Å². The first-order valence-corrected chi connectivity index (χ1v) is 12.3. The summed E-state index contributed by atoms with van der Waals surface area (Å²) < 4.78 is 28.3. The highest BCUT2D eigenvalue weighted by Gasteiger charge is 2.03. The van der Waals surface area contributed by atoms with Crippen molar-refractivity contribution in [1.29, 1.82) is 5.26 Å². The topological polar surface area (TPSA) is 23.8 Å². The molecular formula is C34H25F2N. The molecule has 0 aliphatic rings. The van der Waals surface area contributed by atoms with Crippen LogP contribution in [0.4, 0.5) is 8.78 Å². The Morgan fingerprint density at radius 2 is 1.11 bits per heavy atom. The summed E-state index contributed by atoms with van der Waals surface area (Å²) in [5, 5.41) is 8.81. The number of hydrogen-bond donors (Lipinski definition) is 0. The van der Waals surface area contributed by atoms with E-state index in [1.165, 1.54) is 48.6 Å². The van der Waals surface area contributed by atoms with E-state index in [0.29, 0.717) is 11.1 Å². The van der Waals surface area contributed by atoms with Crippen molar-refractivity contribution in [2.24, 2.45) is 0 Å². The normalized spacial score (nSPS) is 10.0. The zero-order valence-corrected chi connectivity index (χ0v) is 20.6. The SMILES string of the molecule is CCCCCc1ccc(-c2ccc(C#Cc3ccc(C#Cc4ccc(C#N)c(F)c4)c(F)c3)cc2)cc1. The third-order valence-electron chi connectivity index (χ3n) is 5.99. The van der Waals surface area contributed by atoms with Crippen molar-refractivity contribution < 1.29 is 8.78 Å². The lowest BCUT2D eigenvalue weighted by molar-refractivity contribution is 0.623. The van der Waals surface area contributed by atoms with E-state index in [-0.39, 0.29) is 11.1 Å². The first-order chi connectivity index (χ1) is 18.1.